The van der Waals surface area contributed by atoms with E-state index < -0.39 is 0 Å². The van der Waals surface area contributed by atoms with Crippen molar-refractivity contribution in [2.24, 2.45) is 0 Å². The summed E-state index contributed by atoms with van der Waals surface area (Å²) in [4.78, 5) is 13.2. The molecule has 1 aromatic heterocycles. The van der Waals surface area contributed by atoms with E-state index in [1.54, 1.807) is 14.1 Å². The van der Waals surface area contributed by atoms with Crippen molar-refractivity contribution in [3.05, 3.63) is 41.7 Å². The van der Waals surface area contributed by atoms with Gasteiger partial charge < -0.3 is 10.2 Å². The zero-order chi connectivity index (χ0) is 14.0. The number of hydrogen-bond acceptors (Lipinski definition) is 2. The topological polar surface area (TPSA) is 50.2 Å². The summed E-state index contributed by atoms with van der Waals surface area (Å²) in [6, 6.07) is 9.70. The third-order valence-electron chi connectivity index (χ3n) is 2.93. The first-order valence-electron chi connectivity index (χ1n) is 6.10. The minimum absolute atomic E-state index is 0.154. The van der Waals surface area contributed by atoms with Gasteiger partial charge in [-0.2, -0.15) is 5.10 Å². The first kappa shape index (κ1) is 13.1. The fourth-order valence-electron chi connectivity index (χ4n) is 1.86. The number of para-hydroxylation sites is 1. The molecular weight excluding hydrogens is 240 g/mol. The molecule has 2 amide bonds. The van der Waals surface area contributed by atoms with Crippen LogP contribution in [0, 0.1) is 13.8 Å². The lowest BCUT2D eigenvalue weighted by atomic mass is 10.3. The van der Waals surface area contributed by atoms with E-state index >= 15 is 0 Å². The van der Waals surface area contributed by atoms with Gasteiger partial charge in [0.15, 0.2) is 0 Å². The van der Waals surface area contributed by atoms with Gasteiger partial charge in [-0.1, -0.05) is 18.2 Å². The third-order valence-corrected chi connectivity index (χ3v) is 2.93. The number of carbonyl (C=O) groups excluding carboxylic acids is 1. The number of aromatic nitrogens is 2. The number of aryl methyl sites for hydroxylation is 1. The van der Waals surface area contributed by atoms with Gasteiger partial charge in [0.1, 0.15) is 0 Å². The Kier molecular flexibility index (Phi) is 3.55. The predicted molar refractivity (Wildman–Crippen MR) is 75.7 cm³/mol. The molecular formula is C14H18N4O. The van der Waals surface area contributed by atoms with Crippen molar-refractivity contribution in [2.45, 2.75) is 13.8 Å². The molecule has 0 unspecified atom stereocenters. The summed E-state index contributed by atoms with van der Waals surface area (Å²) in [6.07, 6.45) is 0. The number of amides is 2. The highest BCUT2D eigenvalue weighted by Crippen LogP contribution is 2.22. The molecule has 0 fully saturated rings. The standard InChI is InChI=1S/C14H18N4O/c1-10-13(15-14(19)17(3)4)11(2)18(16-10)12-8-6-5-7-9-12/h5-9H,1-4H3,(H,15,19). The van der Waals surface area contributed by atoms with Crippen molar-refractivity contribution in [2.75, 3.05) is 19.4 Å². The number of benzene rings is 1. The monoisotopic (exact) mass is 258 g/mol. The number of carbonyl (C=O) groups is 1. The van der Waals surface area contributed by atoms with Crippen LogP contribution in [0.25, 0.3) is 5.69 Å². The quantitative estimate of drug-likeness (QED) is 0.900. The Bertz CT molecular complexity index is 587. The van der Waals surface area contributed by atoms with Gasteiger partial charge in [-0.05, 0) is 26.0 Å². The van der Waals surface area contributed by atoms with Crippen LogP contribution in [-0.2, 0) is 0 Å². The van der Waals surface area contributed by atoms with Crippen molar-refractivity contribution in [3.8, 4) is 5.69 Å². The zero-order valence-electron chi connectivity index (χ0n) is 11.6. The molecule has 5 nitrogen and oxygen atoms in total. The van der Waals surface area contributed by atoms with E-state index in [-0.39, 0.29) is 6.03 Å². The molecule has 100 valence electrons. The molecule has 0 aliphatic rings. The smallest absolute Gasteiger partial charge is 0.321 e. The molecule has 0 saturated heterocycles. The molecule has 0 atom stereocenters. The molecule has 5 heteroatoms. The second kappa shape index (κ2) is 5.14. The Balaban J connectivity index is 2.38. The summed E-state index contributed by atoms with van der Waals surface area (Å²) < 4.78 is 1.83. The van der Waals surface area contributed by atoms with Crippen molar-refractivity contribution in [1.82, 2.24) is 14.7 Å². The van der Waals surface area contributed by atoms with Gasteiger partial charge in [0.25, 0.3) is 0 Å². The molecule has 2 aromatic rings. The Hall–Kier alpha value is -2.30. The Morgan fingerprint density at radius 1 is 1.21 bits per heavy atom. The largest absolute Gasteiger partial charge is 0.331 e. The maximum absolute atomic E-state index is 11.7. The van der Waals surface area contributed by atoms with E-state index in [0.29, 0.717) is 0 Å². The van der Waals surface area contributed by atoms with Gasteiger partial charge in [-0.25, -0.2) is 9.48 Å². The summed E-state index contributed by atoms with van der Waals surface area (Å²) in [5.74, 6) is 0. The van der Waals surface area contributed by atoms with Gasteiger partial charge in [0.2, 0.25) is 0 Å². The Labute approximate surface area is 112 Å². The number of nitrogens with one attached hydrogen (secondary N) is 1. The highest BCUT2D eigenvalue weighted by Gasteiger charge is 2.15. The fourth-order valence-corrected chi connectivity index (χ4v) is 1.86. The summed E-state index contributed by atoms with van der Waals surface area (Å²) in [7, 11) is 3.42. The molecule has 0 aliphatic carbocycles. The molecule has 1 heterocycles. The fraction of sp³-hybridized carbons (Fsp3) is 0.286. The van der Waals surface area contributed by atoms with Crippen LogP contribution < -0.4 is 5.32 Å². The van der Waals surface area contributed by atoms with Gasteiger partial charge in [0.05, 0.1) is 22.8 Å². The van der Waals surface area contributed by atoms with Crippen molar-refractivity contribution in [3.63, 3.8) is 0 Å². The molecule has 0 radical (unpaired) electrons. The normalized spacial score (nSPS) is 10.3. The Morgan fingerprint density at radius 3 is 2.42 bits per heavy atom. The van der Waals surface area contributed by atoms with Crippen LogP contribution >= 0.6 is 0 Å². The lowest BCUT2D eigenvalue weighted by molar-refractivity contribution is 0.230. The van der Waals surface area contributed by atoms with Crippen molar-refractivity contribution < 1.29 is 4.79 Å². The summed E-state index contributed by atoms with van der Waals surface area (Å²) in [5, 5.41) is 7.35. The van der Waals surface area contributed by atoms with Crippen LogP contribution in [0.4, 0.5) is 10.5 Å². The minimum Gasteiger partial charge on any atom is -0.331 e. The zero-order valence-corrected chi connectivity index (χ0v) is 11.6. The summed E-state index contributed by atoms with van der Waals surface area (Å²) >= 11 is 0. The maximum Gasteiger partial charge on any atom is 0.321 e. The molecule has 0 saturated carbocycles. The first-order valence-corrected chi connectivity index (χ1v) is 6.10. The highest BCUT2D eigenvalue weighted by molar-refractivity contribution is 5.90. The number of rotatable bonds is 2. The van der Waals surface area contributed by atoms with E-state index in [1.807, 2.05) is 48.9 Å². The minimum atomic E-state index is -0.154. The number of hydrogen-bond donors (Lipinski definition) is 1. The molecule has 19 heavy (non-hydrogen) atoms. The van der Waals surface area contributed by atoms with E-state index in [9.17, 15) is 4.79 Å². The van der Waals surface area contributed by atoms with Gasteiger partial charge >= 0.3 is 6.03 Å². The highest BCUT2D eigenvalue weighted by atomic mass is 16.2. The summed E-state index contributed by atoms with van der Waals surface area (Å²) in [6.45, 7) is 3.83. The number of urea groups is 1. The van der Waals surface area contributed by atoms with Crippen LogP contribution in [0.2, 0.25) is 0 Å². The predicted octanol–water partition coefficient (Wildman–Crippen LogP) is 2.58. The van der Waals surface area contributed by atoms with Crippen molar-refractivity contribution in [1.29, 1.82) is 0 Å². The molecule has 1 aromatic carbocycles. The number of nitrogens with zero attached hydrogens (tertiary/aromatic N) is 3. The van der Waals surface area contributed by atoms with Crippen LogP contribution in [0.3, 0.4) is 0 Å². The summed E-state index contributed by atoms with van der Waals surface area (Å²) in [5.41, 5.74) is 3.46. The Morgan fingerprint density at radius 2 is 1.84 bits per heavy atom. The average Bonchev–Trinajstić information content (AvgIpc) is 2.67. The molecule has 2 rings (SSSR count). The second-order valence-corrected chi connectivity index (χ2v) is 4.62. The van der Waals surface area contributed by atoms with Crippen LogP contribution in [-0.4, -0.2) is 34.8 Å². The van der Waals surface area contributed by atoms with Gasteiger partial charge in [0, 0.05) is 14.1 Å². The van der Waals surface area contributed by atoms with E-state index in [2.05, 4.69) is 10.4 Å². The van der Waals surface area contributed by atoms with E-state index in [1.165, 1.54) is 4.90 Å². The van der Waals surface area contributed by atoms with Crippen LogP contribution in [0.5, 0.6) is 0 Å². The SMILES string of the molecule is Cc1nn(-c2ccccc2)c(C)c1NC(=O)N(C)C. The van der Waals surface area contributed by atoms with E-state index in [0.717, 1.165) is 22.8 Å². The van der Waals surface area contributed by atoms with E-state index in [4.69, 9.17) is 0 Å². The van der Waals surface area contributed by atoms with Gasteiger partial charge in [-0.15, -0.1) is 0 Å². The number of anilines is 1. The lowest BCUT2D eigenvalue weighted by Crippen LogP contribution is -2.27. The van der Waals surface area contributed by atoms with Gasteiger partial charge in [-0.3, -0.25) is 0 Å². The maximum atomic E-state index is 11.7. The first-order chi connectivity index (χ1) is 9.00. The third kappa shape index (κ3) is 2.59. The van der Waals surface area contributed by atoms with Crippen LogP contribution in [0.15, 0.2) is 30.3 Å². The second-order valence-electron chi connectivity index (χ2n) is 4.62. The van der Waals surface area contributed by atoms with Crippen molar-refractivity contribution >= 4 is 11.7 Å². The molecule has 0 aliphatic heterocycles. The average molecular weight is 258 g/mol. The molecule has 0 spiro atoms. The molecule has 0 bridgehead atoms. The lowest BCUT2D eigenvalue weighted by Gasteiger charge is -2.12. The van der Waals surface area contributed by atoms with Crippen LogP contribution in [0.1, 0.15) is 11.4 Å². The molecule has 1 N–H and O–H groups in total.